The maximum absolute atomic E-state index is 11.4. The Morgan fingerprint density at radius 2 is 1.93 bits per heavy atom. The van der Waals surface area contributed by atoms with E-state index in [9.17, 15) is 4.79 Å². The van der Waals surface area contributed by atoms with E-state index in [2.05, 4.69) is 83.2 Å². The topological polar surface area (TPSA) is 36.2 Å². The Morgan fingerprint density at radius 1 is 1.14 bits per heavy atom. The van der Waals surface area contributed by atoms with Gasteiger partial charge in [0.2, 0.25) is 17.1 Å². The van der Waals surface area contributed by atoms with Crippen LogP contribution >= 0.6 is 11.8 Å². The van der Waals surface area contributed by atoms with Gasteiger partial charge in [0.25, 0.3) is 0 Å². The van der Waals surface area contributed by atoms with E-state index in [1.54, 1.807) is 11.8 Å². The van der Waals surface area contributed by atoms with Gasteiger partial charge in [-0.2, -0.15) is 4.57 Å². The Balaban J connectivity index is 0.00000240. The maximum atomic E-state index is 11.4. The average molecular weight is 517 g/mol. The average Bonchev–Trinajstić information content (AvgIpc) is 3.03. The van der Waals surface area contributed by atoms with Gasteiger partial charge in [0.1, 0.15) is 6.54 Å². The molecular weight excluding hydrogens is 493 g/mol. The molecule has 0 saturated heterocycles. The summed E-state index contributed by atoms with van der Waals surface area (Å²) in [5.74, 6) is -0.0498. The Hall–Kier alpha value is -2.06. The summed E-state index contributed by atoms with van der Waals surface area (Å²) in [5.41, 5.74) is 4.47. The number of hydrogen-bond acceptors (Lipinski definition) is 3. The molecule has 1 amide bonds. The third-order valence-corrected chi connectivity index (χ3v) is 6.02. The standard InChI is InChI=1S/C23H23N3OS.HI/c1-4-25-19(12-10-17-8-6-7-9-20(17)25)15-23-26(5-2)21-13-11-18(24-16(3)27)14-22(21)28-23;/h6-15H,4-5H2,1-3H3;1H. The van der Waals surface area contributed by atoms with Gasteiger partial charge < -0.3 is 34.2 Å². The van der Waals surface area contributed by atoms with Gasteiger partial charge in [-0.1, -0.05) is 23.9 Å². The van der Waals surface area contributed by atoms with Crippen LogP contribution in [0.2, 0.25) is 0 Å². The molecule has 0 radical (unpaired) electrons. The molecule has 4 nitrogen and oxygen atoms in total. The molecule has 1 N–H and O–H groups in total. The van der Waals surface area contributed by atoms with Crippen LogP contribution in [0.5, 0.6) is 0 Å². The number of hydrogen-bond donors (Lipinski definition) is 1. The van der Waals surface area contributed by atoms with E-state index in [1.165, 1.54) is 39.1 Å². The predicted octanol–water partition coefficient (Wildman–Crippen LogP) is 2.04. The van der Waals surface area contributed by atoms with Gasteiger partial charge in [-0.25, -0.2) is 0 Å². The zero-order valence-electron chi connectivity index (χ0n) is 16.8. The van der Waals surface area contributed by atoms with Crippen molar-refractivity contribution in [2.75, 3.05) is 16.8 Å². The number of rotatable bonds is 4. The first kappa shape index (κ1) is 21.6. The molecule has 3 aromatic rings. The van der Waals surface area contributed by atoms with Crippen molar-refractivity contribution in [3.63, 3.8) is 0 Å². The van der Waals surface area contributed by atoms with Crippen molar-refractivity contribution >= 4 is 46.0 Å². The summed E-state index contributed by atoms with van der Waals surface area (Å²) >= 11 is 1.75. The van der Waals surface area contributed by atoms with Crippen LogP contribution in [0, 0.1) is 0 Å². The van der Waals surface area contributed by atoms with Crippen molar-refractivity contribution in [1.29, 1.82) is 0 Å². The summed E-state index contributed by atoms with van der Waals surface area (Å²) in [6.45, 7) is 7.69. The Bertz CT molecular complexity index is 1100. The molecule has 0 bridgehead atoms. The minimum absolute atomic E-state index is 0. The van der Waals surface area contributed by atoms with Gasteiger partial charge in [0.15, 0.2) is 0 Å². The summed E-state index contributed by atoms with van der Waals surface area (Å²) in [6.07, 6.45) is 2.27. The van der Waals surface area contributed by atoms with Crippen molar-refractivity contribution in [1.82, 2.24) is 0 Å². The second kappa shape index (κ2) is 9.17. The summed E-state index contributed by atoms with van der Waals surface area (Å²) < 4.78 is 2.35. The van der Waals surface area contributed by atoms with Crippen molar-refractivity contribution in [3.8, 4) is 0 Å². The number of benzene rings is 2. The molecule has 2 aromatic carbocycles. The number of thioether (sulfide) groups is 1. The number of amides is 1. The highest BCUT2D eigenvalue weighted by molar-refractivity contribution is 8.03. The lowest BCUT2D eigenvalue weighted by Crippen LogP contribution is -3.00. The number of anilines is 2. The second-order valence-electron chi connectivity index (χ2n) is 6.75. The molecule has 1 aliphatic heterocycles. The van der Waals surface area contributed by atoms with Crippen molar-refractivity contribution in [3.05, 3.63) is 65.3 Å². The van der Waals surface area contributed by atoms with Gasteiger partial charge in [-0.05, 0) is 44.2 Å². The molecule has 0 fully saturated rings. The molecule has 0 atom stereocenters. The smallest absolute Gasteiger partial charge is 0.221 e. The number of fused-ring (bicyclic) bond motifs is 2. The van der Waals surface area contributed by atoms with Crippen LogP contribution in [-0.2, 0) is 11.3 Å². The van der Waals surface area contributed by atoms with Crippen LogP contribution in [0.15, 0.2) is 64.5 Å². The number of carbonyl (C=O) groups is 1. The fraction of sp³-hybridized carbons (Fsp3) is 0.217. The van der Waals surface area contributed by atoms with Crippen LogP contribution < -0.4 is 38.8 Å². The monoisotopic (exact) mass is 517 g/mol. The van der Waals surface area contributed by atoms with Crippen molar-refractivity contribution in [2.24, 2.45) is 0 Å². The molecule has 0 saturated carbocycles. The van der Waals surface area contributed by atoms with E-state index >= 15 is 0 Å². The molecule has 150 valence electrons. The first-order valence-electron chi connectivity index (χ1n) is 9.61. The van der Waals surface area contributed by atoms with Crippen molar-refractivity contribution in [2.45, 2.75) is 32.2 Å². The lowest BCUT2D eigenvalue weighted by Gasteiger charge is -2.18. The molecule has 1 aliphatic rings. The fourth-order valence-corrected chi connectivity index (χ4v) is 4.92. The second-order valence-corrected chi connectivity index (χ2v) is 7.82. The lowest BCUT2D eigenvalue weighted by molar-refractivity contribution is -0.669. The molecule has 29 heavy (non-hydrogen) atoms. The highest BCUT2D eigenvalue weighted by Crippen LogP contribution is 2.47. The number of halogens is 1. The summed E-state index contributed by atoms with van der Waals surface area (Å²) in [6, 6.07) is 19.0. The molecule has 2 heterocycles. The summed E-state index contributed by atoms with van der Waals surface area (Å²) in [4.78, 5) is 14.9. The molecule has 0 aliphatic carbocycles. The highest BCUT2D eigenvalue weighted by atomic mass is 127. The fourth-order valence-electron chi connectivity index (χ4n) is 3.70. The van der Waals surface area contributed by atoms with Gasteiger partial charge in [-0.15, -0.1) is 0 Å². The molecule has 0 unspecified atom stereocenters. The Kier molecular flexibility index (Phi) is 6.85. The van der Waals surface area contributed by atoms with E-state index in [0.717, 1.165) is 18.8 Å². The first-order valence-corrected chi connectivity index (χ1v) is 10.4. The number of nitrogens with zero attached hydrogens (tertiary/aromatic N) is 2. The van der Waals surface area contributed by atoms with E-state index in [4.69, 9.17) is 0 Å². The maximum Gasteiger partial charge on any atom is 0.221 e. The Labute approximate surface area is 193 Å². The number of aryl methyl sites for hydroxylation is 1. The minimum atomic E-state index is -0.0498. The number of aromatic nitrogens is 1. The molecule has 0 spiro atoms. The van der Waals surface area contributed by atoms with Gasteiger partial charge >= 0.3 is 0 Å². The molecular formula is C23H24IN3OS. The molecule has 4 rings (SSSR count). The van der Waals surface area contributed by atoms with Crippen LogP contribution in [0.4, 0.5) is 11.4 Å². The number of carbonyl (C=O) groups excluding carboxylic acids is 1. The zero-order chi connectivity index (χ0) is 19.7. The zero-order valence-corrected chi connectivity index (χ0v) is 19.8. The Morgan fingerprint density at radius 3 is 2.66 bits per heavy atom. The van der Waals surface area contributed by atoms with Crippen LogP contribution in [0.1, 0.15) is 26.5 Å². The van der Waals surface area contributed by atoms with Crippen LogP contribution in [0.25, 0.3) is 17.0 Å². The van der Waals surface area contributed by atoms with E-state index in [1.807, 2.05) is 6.07 Å². The predicted molar refractivity (Wildman–Crippen MR) is 117 cm³/mol. The normalized spacial score (nSPS) is 14.0. The molecule has 6 heteroatoms. The van der Waals surface area contributed by atoms with Crippen molar-refractivity contribution < 1.29 is 33.3 Å². The number of nitrogens with one attached hydrogen (secondary N) is 1. The third kappa shape index (κ3) is 4.28. The van der Waals surface area contributed by atoms with E-state index in [0.29, 0.717) is 0 Å². The third-order valence-electron chi connectivity index (χ3n) is 4.93. The van der Waals surface area contributed by atoms with Gasteiger partial charge in [0.05, 0.1) is 10.7 Å². The SMILES string of the molecule is CCN1/C(=C/c2ccc3ccccc3[n+]2CC)Sc2cc(NC(C)=O)ccc21.[I-]. The quantitative estimate of drug-likeness (QED) is 0.425. The highest BCUT2D eigenvalue weighted by Gasteiger charge is 2.26. The number of pyridine rings is 1. The van der Waals surface area contributed by atoms with E-state index in [-0.39, 0.29) is 29.9 Å². The molecule has 1 aromatic heterocycles. The summed E-state index contributed by atoms with van der Waals surface area (Å²) in [5, 5.41) is 5.33. The minimum Gasteiger partial charge on any atom is -1.00 e. The largest absolute Gasteiger partial charge is 1.00 e. The van der Waals surface area contributed by atoms with Crippen LogP contribution in [-0.4, -0.2) is 12.5 Å². The summed E-state index contributed by atoms with van der Waals surface area (Å²) in [7, 11) is 0. The number of para-hydroxylation sites is 1. The lowest BCUT2D eigenvalue weighted by atomic mass is 10.2. The van der Waals surface area contributed by atoms with Gasteiger partial charge in [0, 0.05) is 47.6 Å². The van der Waals surface area contributed by atoms with E-state index < -0.39 is 0 Å². The van der Waals surface area contributed by atoms with Gasteiger partial charge in [-0.3, -0.25) is 4.79 Å². The first-order chi connectivity index (χ1) is 13.6. The van der Waals surface area contributed by atoms with Crippen LogP contribution in [0.3, 0.4) is 0 Å².